The predicted molar refractivity (Wildman–Crippen MR) is 109 cm³/mol. The van der Waals surface area contributed by atoms with E-state index in [1.165, 1.54) is 24.3 Å². The average Bonchev–Trinajstić information content (AvgIpc) is 2.66. The number of thiocarbonyl (C=S) groups is 1. The Balaban J connectivity index is 2.04. The molecular weight excluding hydrogens is 383 g/mol. The van der Waals surface area contributed by atoms with Crippen LogP contribution in [0.1, 0.15) is 11.1 Å². The zero-order chi connectivity index (χ0) is 19.4. The maximum absolute atomic E-state index is 13.2. The zero-order valence-electron chi connectivity index (χ0n) is 14.4. The van der Waals surface area contributed by atoms with Gasteiger partial charge in [-0.05, 0) is 48.1 Å². The van der Waals surface area contributed by atoms with E-state index in [1.54, 1.807) is 35.2 Å². The van der Waals surface area contributed by atoms with E-state index in [0.717, 1.165) is 5.56 Å². The van der Waals surface area contributed by atoms with E-state index in [0.29, 0.717) is 16.3 Å². The van der Waals surface area contributed by atoms with Gasteiger partial charge in [0.15, 0.2) is 17.4 Å². The van der Waals surface area contributed by atoms with Gasteiger partial charge in [0.25, 0.3) is 0 Å². The summed E-state index contributed by atoms with van der Waals surface area (Å²) in [6, 6.07) is 16.2. The number of rotatable bonds is 4. The maximum atomic E-state index is 13.2. The van der Waals surface area contributed by atoms with Crippen molar-refractivity contribution in [3.8, 4) is 0 Å². The third-order valence-corrected chi connectivity index (χ3v) is 4.64. The highest BCUT2D eigenvalue weighted by atomic mass is 35.5. The van der Waals surface area contributed by atoms with Gasteiger partial charge in [-0.2, -0.15) is 4.57 Å². The molecule has 1 N–H and O–H groups in total. The monoisotopic (exact) mass is 398 g/mol. The molecule has 0 bridgehead atoms. The summed E-state index contributed by atoms with van der Waals surface area (Å²) in [4.78, 5) is 0.237. The molecule has 0 atom stereocenters. The molecule has 0 spiro atoms. The van der Waals surface area contributed by atoms with Gasteiger partial charge in [0, 0.05) is 22.8 Å². The molecule has 3 nitrogen and oxygen atoms in total. The Labute approximate surface area is 167 Å². The average molecular weight is 399 g/mol. The highest BCUT2D eigenvalue weighted by molar-refractivity contribution is 7.81. The lowest BCUT2D eigenvalue weighted by Gasteiger charge is -2.17. The van der Waals surface area contributed by atoms with Crippen molar-refractivity contribution < 1.29 is 14.1 Å². The second-order valence-corrected chi connectivity index (χ2v) is 6.70. The van der Waals surface area contributed by atoms with Crippen molar-refractivity contribution in [2.24, 2.45) is 0 Å². The summed E-state index contributed by atoms with van der Waals surface area (Å²) in [7, 11) is 0. The van der Waals surface area contributed by atoms with Crippen molar-refractivity contribution in [3.63, 3.8) is 0 Å². The van der Waals surface area contributed by atoms with E-state index in [-0.39, 0.29) is 16.4 Å². The second-order valence-electron chi connectivity index (χ2n) is 5.89. The molecule has 2 aromatic carbocycles. The Morgan fingerprint density at radius 2 is 1.74 bits per heavy atom. The first-order valence-corrected chi connectivity index (χ1v) is 8.96. The summed E-state index contributed by atoms with van der Waals surface area (Å²) in [5.74, 6) is -0.725. The van der Waals surface area contributed by atoms with E-state index < -0.39 is 5.82 Å². The minimum Gasteiger partial charge on any atom is -0.867 e. The fourth-order valence-electron chi connectivity index (χ4n) is 2.48. The summed E-state index contributed by atoms with van der Waals surface area (Å²) in [6.07, 6.45) is 3.46. The number of benzene rings is 2. The highest BCUT2D eigenvalue weighted by Crippen LogP contribution is 2.22. The van der Waals surface area contributed by atoms with Crippen LogP contribution in [0.15, 0.2) is 73.1 Å². The Kier molecular flexibility index (Phi) is 5.84. The lowest BCUT2D eigenvalue weighted by atomic mass is 10.1. The van der Waals surface area contributed by atoms with E-state index in [1.807, 2.05) is 25.1 Å². The molecule has 1 aromatic heterocycles. The standard InChI is InChI=1S/C21H16ClFN2OS/c1-14-5-10-17(13-18(14)22)24-21(27)19(25-11-3-2-4-12-25)20(26)15-6-8-16(23)9-7-15/h2-13H,1H3,(H-,24,26,27). The minimum absolute atomic E-state index is 0.237. The Hall–Kier alpha value is -2.76. The van der Waals surface area contributed by atoms with E-state index in [4.69, 9.17) is 23.8 Å². The number of hydrogen-bond donors (Lipinski definition) is 1. The molecule has 0 unspecified atom stereocenters. The summed E-state index contributed by atoms with van der Waals surface area (Å²) in [5.41, 5.74) is 2.22. The summed E-state index contributed by atoms with van der Waals surface area (Å²) < 4.78 is 14.9. The van der Waals surface area contributed by atoms with Gasteiger partial charge in [-0.15, -0.1) is 0 Å². The quantitative estimate of drug-likeness (QED) is 0.310. The molecule has 0 aliphatic heterocycles. The van der Waals surface area contributed by atoms with Crippen LogP contribution in [-0.2, 0) is 0 Å². The van der Waals surface area contributed by atoms with Gasteiger partial charge in [0.1, 0.15) is 5.82 Å². The largest absolute Gasteiger partial charge is 0.867 e. The van der Waals surface area contributed by atoms with Gasteiger partial charge in [-0.25, -0.2) is 4.39 Å². The molecule has 0 fully saturated rings. The Morgan fingerprint density at radius 1 is 1.07 bits per heavy atom. The SMILES string of the molecule is Cc1ccc(NC(=S)C(=C([O-])c2ccc(F)cc2)[n+]2ccccc2)cc1Cl. The number of nitrogens with zero attached hydrogens (tertiary/aromatic N) is 1. The molecule has 3 aromatic rings. The normalized spacial score (nSPS) is 11.7. The second kappa shape index (κ2) is 8.29. The van der Waals surface area contributed by atoms with Crippen molar-refractivity contribution in [1.29, 1.82) is 0 Å². The topological polar surface area (TPSA) is 39.0 Å². The first-order valence-electron chi connectivity index (χ1n) is 8.17. The first kappa shape index (κ1) is 19.0. The molecular formula is C21H16ClFN2OS. The van der Waals surface area contributed by atoms with Gasteiger partial charge < -0.3 is 10.4 Å². The molecule has 0 amide bonds. The third kappa shape index (κ3) is 4.51. The van der Waals surface area contributed by atoms with Crippen LogP contribution >= 0.6 is 23.8 Å². The molecule has 0 aliphatic rings. The van der Waals surface area contributed by atoms with Crippen LogP contribution in [0, 0.1) is 12.7 Å². The van der Waals surface area contributed by atoms with Crippen LogP contribution in [0.3, 0.4) is 0 Å². The fourth-order valence-corrected chi connectivity index (χ4v) is 2.98. The first-order chi connectivity index (χ1) is 13.0. The third-order valence-electron chi connectivity index (χ3n) is 3.94. The lowest BCUT2D eigenvalue weighted by molar-refractivity contribution is -0.577. The summed E-state index contributed by atoms with van der Waals surface area (Å²) in [6.45, 7) is 1.90. The van der Waals surface area contributed by atoms with Gasteiger partial charge >= 0.3 is 0 Å². The van der Waals surface area contributed by atoms with Crippen molar-refractivity contribution in [2.45, 2.75) is 6.92 Å². The van der Waals surface area contributed by atoms with Crippen LogP contribution in [-0.4, -0.2) is 4.99 Å². The maximum Gasteiger partial charge on any atom is 0.238 e. The molecule has 3 rings (SSSR count). The number of aryl methyl sites for hydroxylation is 1. The van der Waals surface area contributed by atoms with Crippen LogP contribution in [0.4, 0.5) is 10.1 Å². The van der Waals surface area contributed by atoms with Gasteiger partial charge in [0.2, 0.25) is 5.70 Å². The van der Waals surface area contributed by atoms with E-state index >= 15 is 0 Å². The molecule has 0 aliphatic carbocycles. The smallest absolute Gasteiger partial charge is 0.238 e. The molecule has 1 heterocycles. The van der Waals surface area contributed by atoms with Crippen LogP contribution in [0.25, 0.3) is 11.5 Å². The van der Waals surface area contributed by atoms with Crippen LogP contribution in [0.2, 0.25) is 5.02 Å². The molecule has 0 radical (unpaired) electrons. The number of hydrogen-bond acceptors (Lipinski definition) is 2. The van der Waals surface area contributed by atoms with Crippen molar-refractivity contribution in [3.05, 3.63) is 95.0 Å². The number of aromatic nitrogens is 1. The Bertz CT molecular complexity index is 1000. The summed E-state index contributed by atoms with van der Waals surface area (Å²) in [5, 5.41) is 16.7. The van der Waals surface area contributed by atoms with Crippen molar-refractivity contribution in [2.75, 3.05) is 5.32 Å². The number of pyridine rings is 1. The molecule has 27 heavy (non-hydrogen) atoms. The van der Waals surface area contributed by atoms with Gasteiger partial charge in [-0.1, -0.05) is 48.1 Å². The molecule has 136 valence electrons. The predicted octanol–water partition coefficient (Wildman–Crippen LogP) is 4.20. The van der Waals surface area contributed by atoms with Crippen LogP contribution < -0.4 is 15.0 Å². The van der Waals surface area contributed by atoms with Gasteiger partial charge in [0.05, 0.1) is 0 Å². The molecule has 6 heteroatoms. The van der Waals surface area contributed by atoms with Crippen LogP contribution in [0.5, 0.6) is 0 Å². The van der Waals surface area contributed by atoms with Crippen molar-refractivity contribution >= 4 is 46.0 Å². The highest BCUT2D eigenvalue weighted by Gasteiger charge is 2.18. The zero-order valence-corrected chi connectivity index (χ0v) is 16.0. The lowest BCUT2D eigenvalue weighted by Crippen LogP contribution is -2.39. The van der Waals surface area contributed by atoms with E-state index in [9.17, 15) is 9.50 Å². The summed E-state index contributed by atoms with van der Waals surface area (Å²) >= 11 is 11.7. The molecule has 0 saturated carbocycles. The van der Waals surface area contributed by atoms with E-state index in [2.05, 4.69) is 5.32 Å². The number of nitrogens with one attached hydrogen (secondary N) is 1. The number of anilines is 1. The fraction of sp³-hybridized carbons (Fsp3) is 0.0476. The molecule has 0 saturated heterocycles. The Morgan fingerprint density at radius 3 is 2.37 bits per heavy atom. The van der Waals surface area contributed by atoms with Crippen molar-refractivity contribution in [1.82, 2.24) is 0 Å². The van der Waals surface area contributed by atoms with Gasteiger partial charge in [-0.3, -0.25) is 0 Å². The number of halogens is 2. The minimum atomic E-state index is -0.407.